The molecule has 0 aromatic carbocycles. The van der Waals surface area contributed by atoms with E-state index in [0.717, 1.165) is 26.0 Å². The van der Waals surface area contributed by atoms with Crippen LogP contribution in [0.3, 0.4) is 0 Å². The standard InChI is InChI=1S/C12H25NO3/c1-10(2)16-9-11(14)7-13(3)8-12-5-4-6-15-12/h10-12,14H,4-9H2,1-3H3. The fourth-order valence-corrected chi connectivity index (χ4v) is 1.93. The molecule has 0 spiro atoms. The molecule has 16 heavy (non-hydrogen) atoms. The van der Waals surface area contributed by atoms with Crippen molar-refractivity contribution in [2.24, 2.45) is 0 Å². The summed E-state index contributed by atoms with van der Waals surface area (Å²) in [4.78, 5) is 2.12. The number of hydrogen-bond donors (Lipinski definition) is 1. The maximum atomic E-state index is 9.73. The Balaban J connectivity index is 2.09. The molecule has 0 bridgehead atoms. The number of likely N-dealkylation sites (N-methyl/N-ethyl adjacent to an activating group) is 1. The van der Waals surface area contributed by atoms with Gasteiger partial charge < -0.3 is 19.5 Å². The van der Waals surface area contributed by atoms with Crippen LogP contribution in [-0.4, -0.2) is 61.7 Å². The summed E-state index contributed by atoms with van der Waals surface area (Å²) in [6.07, 6.45) is 2.43. The summed E-state index contributed by atoms with van der Waals surface area (Å²) >= 11 is 0. The Morgan fingerprint density at radius 1 is 1.50 bits per heavy atom. The van der Waals surface area contributed by atoms with Gasteiger partial charge in [-0.3, -0.25) is 0 Å². The summed E-state index contributed by atoms with van der Waals surface area (Å²) in [5.74, 6) is 0. The molecule has 1 saturated heterocycles. The topological polar surface area (TPSA) is 41.9 Å². The van der Waals surface area contributed by atoms with Crippen LogP contribution in [-0.2, 0) is 9.47 Å². The molecule has 1 rings (SSSR count). The first kappa shape index (κ1) is 13.9. The Labute approximate surface area is 98.5 Å². The minimum Gasteiger partial charge on any atom is -0.389 e. The smallest absolute Gasteiger partial charge is 0.0900 e. The largest absolute Gasteiger partial charge is 0.389 e. The number of rotatable bonds is 7. The molecule has 96 valence electrons. The lowest BCUT2D eigenvalue weighted by Crippen LogP contribution is -2.37. The van der Waals surface area contributed by atoms with E-state index in [-0.39, 0.29) is 6.10 Å². The number of ether oxygens (including phenoxy) is 2. The fraction of sp³-hybridized carbons (Fsp3) is 1.00. The Morgan fingerprint density at radius 3 is 2.81 bits per heavy atom. The molecule has 1 fully saturated rings. The van der Waals surface area contributed by atoms with E-state index in [4.69, 9.17) is 9.47 Å². The van der Waals surface area contributed by atoms with Crippen LogP contribution in [0.5, 0.6) is 0 Å². The molecule has 0 aromatic heterocycles. The summed E-state index contributed by atoms with van der Waals surface area (Å²) in [7, 11) is 2.01. The van der Waals surface area contributed by atoms with E-state index < -0.39 is 6.10 Å². The lowest BCUT2D eigenvalue weighted by Gasteiger charge is -2.23. The average Bonchev–Trinajstić information content (AvgIpc) is 2.67. The van der Waals surface area contributed by atoms with Gasteiger partial charge in [0.25, 0.3) is 0 Å². The second kappa shape index (κ2) is 7.22. The highest BCUT2D eigenvalue weighted by atomic mass is 16.5. The number of hydrogen-bond acceptors (Lipinski definition) is 4. The zero-order valence-electron chi connectivity index (χ0n) is 10.7. The van der Waals surface area contributed by atoms with E-state index in [9.17, 15) is 5.11 Å². The maximum Gasteiger partial charge on any atom is 0.0900 e. The van der Waals surface area contributed by atoms with Crippen molar-refractivity contribution in [2.45, 2.75) is 45.0 Å². The Hall–Kier alpha value is -0.160. The quantitative estimate of drug-likeness (QED) is 0.706. The van der Waals surface area contributed by atoms with Gasteiger partial charge in [0.05, 0.1) is 24.9 Å². The summed E-state index contributed by atoms with van der Waals surface area (Å²) in [5.41, 5.74) is 0. The first-order chi connectivity index (χ1) is 7.58. The second-order valence-electron chi connectivity index (χ2n) is 4.89. The zero-order chi connectivity index (χ0) is 12.0. The van der Waals surface area contributed by atoms with Gasteiger partial charge in [-0.2, -0.15) is 0 Å². The third-order valence-corrected chi connectivity index (χ3v) is 2.68. The Kier molecular flexibility index (Phi) is 6.28. The van der Waals surface area contributed by atoms with Crippen molar-refractivity contribution in [2.75, 3.05) is 33.4 Å². The molecule has 0 saturated carbocycles. The van der Waals surface area contributed by atoms with Gasteiger partial charge in [0.2, 0.25) is 0 Å². The van der Waals surface area contributed by atoms with Gasteiger partial charge in [-0.05, 0) is 33.7 Å². The normalized spacial score (nSPS) is 23.2. The van der Waals surface area contributed by atoms with Gasteiger partial charge in [-0.25, -0.2) is 0 Å². The van der Waals surface area contributed by atoms with Crippen LogP contribution in [0.2, 0.25) is 0 Å². The predicted molar refractivity (Wildman–Crippen MR) is 63.6 cm³/mol. The fourth-order valence-electron chi connectivity index (χ4n) is 1.93. The van der Waals surface area contributed by atoms with Crippen LogP contribution >= 0.6 is 0 Å². The van der Waals surface area contributed by atoms with E-state index in [1.807, 2.05) is 20.9 Å². The van der Waals surface area contributed by atoms with E-state index in [0.29, 0.717) is 19.3 Å². The highest BCUT2D eigenvalue weighted by Gasteiger charge is 2.18. The molecular weight excluding hydrogens is 206 g/mol. The summed E-state index contributed by atoms with van der Waals surface area (Å²) in [6.45, 7) is 6.79. The minimum atomic E-state index is -0.409. The van der Waals surface area contributed by atoms with Crippen molar-refractivity contribution in [3.8, 4) is 0 Å². The number of aliphatic hydroxyl groups excluding tert-OH is 1. The number of aliphatic hydroxyl groups is 1. The number of nitrogens with zero attached hydrogens (tertiary/aromatic N) is 1. The van der Waals surface area contributed by atoms with Crippen LogP contribution in [0.1, 0.15) is 26.7 Å². The molecular formula is C12H25NO3. The first-order valence-corrected chi connectivity index (χ1v) is 6.17. The molecule has 0 amide bonds. The van der Waals surface area contributed by atoms with E-state index in [1.165, 1.54) is 0 Å². The van der Waals surface area contributed by atoms with E-state index >= 15 is 0 Å². The monoisotopic (exact) mass is 231 g/mol. The third-order valence-electron chi connectivity index (χ3n) is 2.68. The van der Waals surface area contributed by atoms with Gasteiger partial charge in [0.1, 0.15) is 0 Å². The third kappa shape index (κ3) is 5.80. The maximum absolute atomic E-state index is 9.73. The van der Waals surface area contributed by atoms with Crippen molar-refractivity contribution in [3.63, 3.8) is 0 Å². The average molecular weight is 231 g/mol. The molecule has 2 unspecified atom stereocenters. The molecule has 1 heterocycles. The summed E-state index contributed by atoms with van der Waals surface area (Å²) in [6, 6.07) is 0. The molecule has 1 aliphatic heterocycles. The van der Waals surface area contributed by atoms with E-state index in [2.05, 4.69) is 4.90 Å². The lowest BCUT2D eigenvalue weighted by molar-refractivity contribution is -0.0114. The predicted octanol–water partition coefficient (Wildman–Crippen LogP) is 0.883. The van der Waals surface area contributed by atoms with Crippen molar-refractivity contribution in [3.05, 3.63) is 0 Å². The SMILES string of the molecule is CC(C)OCC(O)CN(C)CC1CCCO1. The van der Waals surface area contributed by atoms with Gasteiger partial charge in [-0.15, -0.1) is 0 Å². The molecule has 1 aliphatic rings. The van der Waals surface area contributed by atoms with Crippen LogP contribution in [0.15, 0.2) is 0 Å². The van der Waals surface area contributed by atoms with Gasteiger partial charge in [0, 0.05) is 19.7 Å². The van der Waals surface area contributed by atoms with Gasteiger partial charge in [0.15, 0.2) is 0 Å². The van der Waals surface area contributed by atoms with Crippen molar-refractivity contribution in [1.29, 1.82) is 0 Å². The molecule has 4 heteroatoms. The summed E-state index contributed by atoms with van der Waals surface area (Å²) < 4.78 is 10.9. The molecule has 0 aromatic rings. The van der Waals surface area contributed by atoms with Crippen molar-refractivity contribution in [1.82, 2.24) is 4.90 Å². The van der Waals surface area contributed by atoms with Crippen molar-refractivity contribution < 1.29 is 14.6 Å². The highest BCUT2D eigenvalue weighted by Crippen LogP contribution is 2.12. The minimum absolute atomic E-state index is 0.179. The van der Waals surface area contributed by atoms with Crippen LogP contribution < -0.4 is 0 Å². The van der Waals surface area contributed by atoms with Crippen molar-refractivity contribution >= 4 is 0 Å². The second-order valence-corrected chi connectivity index (χ2v) is 4.89. The molecule has 1 N–H and O–H groups in total. The molecule has 0 aliphatic carbocycles. The van der Waals surface area contributed by atoms with Gasteiger partial charge >= 0.3 is 0 Å². The lowest BCUT2D eigenvalue weighted by atomic mass is 10.2. The molecule has 2 atom stereocenters. The molecule has 0 radical (unpaired) electrons. The van der Waals surface area contributed by atoms with Crippen LogP contribution in [0, 0.1) is 0 Å². The summed E-state index contributed by atoms with van der Waals surface area (Å²) in [5, 5.41) is 9.73. The first-order valence-electron chi connectivity index (χ1n) is 6.17. The molecule has 4 nitrogen and oxygen atoms in total. The highest BCUT2D eigenvalue weighted by molar-refractivity contribution is 4.70. The van der Waals surface area contributed by atoms with E-state index in [1.54, 1.807) is 0 Å². The van der Waals surface area contributed by atoms with Gasteiger partial charge in [-0.1, -0.05) is 0 Å². The Morgan fingerprint density at radius 2 is 2.25 bits per heavy atom. The van der Waals surface area contributed by atoms with Crippen LogP contribution in [0.4, 0.5) is 0 Å². The Bertz CT molecular complexity index is 181. The zero-order valence-corrected chi connectivity index (χ0v) is 10.7. The van der Waals surface area contributed by atoms with Crippen LogP contribution in [0.25, 0.3) is 0 Å².